The lowest BCUT2D eigenvalue weighted by Gasteiger charge is -2.09. The molecule has 152 valence electrons. The van der Waals surface area contributed by atoms with Gasteiger partial charge in [0, 0.05) is 25.2 Å². The summed E-state index contributed by atoms with van der Waals surface area (Å²) < 4.78 is 45.6. The van der Waals surface area contributed by atoms with Crippen molar-refractivity contribution in [1.29, 1.82) is 0 Å². The highest BCUT2D eigenvalue weighted by atomic mass is 19.2. The lowest BCUT2D eigenvalue weighted by Crippen LogP contribution is -2.04. The van der Waals surface area contributed by atoms with E-state index in [4.69, 9.17) is 10.3 Å². The number of nitrogens with one attached hydrogen (secondary N) is 1. The summed E-state index contributed by atoms with van der Waals surface area (Å²) in [5.41, 5.74) is 8.95. The summed E-state index contributed by atoms with van der Waals surface area (Å²) in [5.74, 6) is -3.07. The standard InChI is InChI=1S/C22H17F3N4O/c23-17-6-7-18(21(25)20(17)24)28-12-14-4-1-3-13(9-14)10-15-11-19(30-29-15)16-5-2-8-27-22(16)26/h1-9,11,28H,10,12H2,(H2,26,27). The largest absolute Gasteiger partial charge is 0.383 e. The summed E-state index contributed by atoms with van der Waals surface area (Å²) in [6.07, 6.45) is 2.11. The van der Waals surface area contributed by atoms with Crippen LogP contribution in [0.5, 0.6) is 0 Å². The van der Waals surface area contributed by atoms with E-state index < -0.39 is 17.5 Å². The van der Waals surface area contributed by atoms with Crippen molar-refractivity contribution in [2.45, 2.75) is 13.0 Å². The van der Waals surface area contributed by atoms with Crippen molar-refractivity contribution in [2.75, 3.05) is 11.1 Å². The minimum Gasteiger partial charge on any atom is -0.383 e. The van der Waals surface area contributed by atoms with Gasteiger partial charge in [-0.3, -0.25) is 0 Å². The molecule has 5 nitrogen and oxygen atoms in total. The Morgan fingerprint density at radius 2 is 1.77 bits per heavy atom. The maximum absolute atomic E-state index is 13.8. The van der Waals surface area contributed by atoms with E-state index >= 15 is 0 Å². The van der Waals surface area contributed by atoms with Crippen molar-refractivity contribution in [3.8, 4) is 11.3 Å². The Morgan fingerprint density at radius 3 is 2.60 bits per heavy atom. The highest BCUT2D eigenvalue weighted by molar-refractivity contribution is 5.69. The Kier molecular flexibility index (Phi) is 5.38. The second-order valence-corrected chi connectivity index (χ2v) is 6.69. The summed E-state index contributed by atoms with van der Waals surface area (Å²) in [7, 11) is 0. The molecule has 0 fully saturated rings. The van der Waals surface area contributed by atoms with Gasteiger partial charge in [0.25, 0.3) is 0 Å². The Labute approximate surface area is 170 Å². The number of halogens is 3. The molecule has 2 aromatic heterocycles. The third kappa shape index (κ3) is 4.12. The monoisotopic (exact) mass is 410 g/mol. The normalized spacial score (nSPS) is 10.9. The topological polar surface area (TPSA) is 77.0 Å². The average Bonchev–Trinajstić information content (AvgIpc) is 3.20. The maximum Gasteiger partial charge on any atom is 0.196 e. The Morgan fingerprint density at radius 1 is 0.933 bits per heavy atom. The van der Waals surface area contributed by atoms with Crippen molar-refractivity contribution in [3.63, 3.8) is 0 Å². The molecule has 0 saturated heterocycles. The molecule has 0 radical (unpaired) electrons. The number of nitrogens with two attached hydrogens (primary N) is 1. The lowest BCUT2D eigenvalue weighted by molar-refractivity contribution is 0.425. The van der Waals surface area contributed by atoms with E-state index in [-0.39, 0.29) is 12.2 Å². The van der Waals surface area contributed by atoms with Crippen LogP contribution in [0.1, 0.15) is 16.8 Å². The summed E-state index contributed by atoms with van der Waals surface area (Å²) in [6, 6.07) is 15.0. The van der Waals surface area contributed by atoms with Crippen molar-refractivity contribution >= 4 is 11.5 Å². The number of hydrogen-bond acceptors (Lipinski definition) is 5. The molecule has 0 saturated carbocycles. The first-order valence-corrected chi connectivity index (χ1v) is 9.13. The number of hydrogen-bond donors (Lipinski definition) is 2. The molecular weight excluding hydrogens is 393 g/mol. The summed E-state index contributed by atoms with van der Waals surface area (Å²) in [4.78, 5) is 4.03. The molecule has 2 aromatic carbocycles. The lowest BCUT2D eigenvalue weighted by atomic mass is 10.1. The Hall–Kier alpha value is -3.81. The zero-order valence-corrected chi connectivity index (χ0v) is 15.7. The predicted molar refractivity (Wildman–Crippen MR) is 107 cm³/mol. The molecule has 0 unspecified atom stereocenters. The number of anilines is 2. The highest BCUT2D eigenvalue weighted by Crippen LogP contribution is 2.25. The van der Waals surface area contributed by atoms with Gasteiger partial charge in [0.15, 0.2) is 23.2 Å². The molecule has 30 heavy (non-hydrogen) atoms. The van der Waals surface area contributed by atoms with E-state index in [1.807, 2.05) is 24.3 Å². The Balaban J connectivity index is 1.46. The van der Waals surface area contributed by atoms with E-state index in [2.05, 4.69) is 15.5 Å². The van der Waals surface area contributed by atoms with Gasteiger partial charge in [-0.15, -0.1) is 0 Å². The summed E-state index contributed by atoms with van der Waals surface area (Å²) in [6.45, 7) is 0.242. The first-order chi connectivity index (χ1) is 14.5. The molecular formula is C22H17F3N4O. The van der Waals surface area contributed by atoms with Gasteiger partial charge in [-0.1, -0.05) is 29.4 Å². The van der Waals surface area contributed by atoms with Crippen LogP contribution in [-0.2, 0) is 13.0 Å². The molecule has 2 heterocycles. The third-order valence-corrected chi connectivity index (χ3v) is 4.56. The molecule has 4 aromatic rings. The van der Waals surface area contributed by atoms with Crippen LogP contribution < -0.4 is 11.1 Å². The molecule has 8 heteroatoms. The minimum absolute atomic E-state index is 0.102. The van der Waals surface area contributed by atoms with E-state index in [1.54, 1.807) is 24.4 Å². The van der Waals surface area contributed by atoms with Crippen LogP contribution in [-0.4, -0.2) is 10.1 Å². The van der Waals surface area contributed by atoms with Crippen LogP contribution in [0.3, 0.4) is 0 Å². The molecule has 0 aliphatic carbocycles. The van der Waals surface area contributed by atoms with E-state index in [0.717, 1.165) is 17.2 Å². The minimum atomic E-state index is -1.50. The maximum atomic E-state index is 13.8. The van der Waals surface area contributed by atoms with Gasteiger partial charge in [-0.2, -0.15) is 0 Å². The first-order valence-electron chi connectivity index (χ1n) is 9.13. The zero-order valence-electron chi connectivity index (χ0n) is 15.7. The van der Waals surface area contributed by atoms with Gasteiger partial charge in [-0.25, -0.2) is 18.2 Å². The number of rotatable bonds is 6. The second kappa shape index (κ2) is 8.28. The highest BCUT2D eigenvalue weighted by Gasteiger charge is 2.13. The van der Waals surface area contributed by atoms with Crippen molar-refractivity contribution in [3.05, 3.63) is 95.1 Å². The third-order valence-electron chi connectivity index (χ3n) is 4.56. The summed E-state index contributed by atoms with van der Waals surface area (Å²) >= 11 is 0. The van der Waals surface area contributed by atoms with Crippen molar-refractivity contribution in [2.24, 2.45) is 0 Å². The number of nitrogen functional groups attached to an aromatic ring is 1. The smallest absolute Gasteiger partial charge is 0.196 e. The second-order valence-electron chi connectivity index (χ2n) is 6.69. The number of pyridine rings is 1. The van der Waals surface area contributed by atoms with Gasteiger partial charge in [0.1, 0.15) is 5.82 Å². The fourth-order valence-electron chi connectivity index (χ4n) is 3.07. The van der Waals surface area contributed by atoms with Gasteiger partial charge < -0.3 is 15.6 Å². The number of benzene rings is 2. The molecule has 3 N–H and O–H groups in total. The summed E-state index contributed by atoms with van der Waals surface area (Å²) in [5, 5.41) is 6.86. The van der Waals surface area contributed by atoms with Gasteiger partial charge in [-0.05, 0) is 35.4 Å². The van der Waals surface area contributed by atoms with Crippen molar-refractivity contribution < 1.29 is 17.7 Å². The van der Waals surface area contributed by atoms with E-state index in [9.17, 15) is 13.2 Å². The molecule has 0 bridgehead atoms. The fraction of sp³-hybridized carbons (Fsp3) is 0.0909. The van der Waals surface area contributed by atoms with Gasteiger partial charge in [0.05, 0.1) is 16.9 Å². The van der Waals surface area contributed by atoms with Crippen LogP contribution in [0, 0.1) is 17.5 Å². The quantitative estimate of drug-likeness (QED) is 0.441. The van der Waals surface area contributed by atoms with Crippen LogP contribution in [0.15, 0.2) is 65.3 Å². The SMILES string of the molecule is Nc1ncccc1-c1cc(Cc2cccc(CNc3ccc(F)c(F)c3F)c2)no1. The van der Waals surface area contributed by atoms with Crippen molar-refractivity contribution in [1.82, 2.24) is 10.1 Å². The predicted octanol–water partition coefficient (Wildman–Crippen LogP) is 4.94. The number of aromatic nitrogens is 2. The molecule has 0 aliphatic heterocycles. The average molecular weight is 410 g/mol. The first kappa shape index (κ1) is 19.5. The Bertz CT molecular complexity index is 1190. The molecule has 0 atom stereocenters. The van der Waals surface area contributed by atoms with Crippen LogP contribution in [0.25, 0.3) is 11.3 Å². The molecule has 0 amide bonds. The molecule has 0 spiro atoms. The van der Waals surface area contributed by atoms with Gasteiger partial charge in [0.2, 0.25) is 0 Å². The van der Waals surface area contributed by atoms with E-state index in [1.165, 1.54) is 6.07 Å². The van der Waals surface area contributed by atoms with Gasteiger partial charge >= 0.3 is 0 Å². The van der Waals surface area contributed by atoms with E-state index in [0.29, 0.717) is 29.3 Å². The van der Waals surface area contributed by atoms with Crippen LogP contribution in [0.4, 0.5) is 24.7 Å². The number of nitrogens with zero attached hydrogens (tertiary/aromatic N) is 2. The van der Waals surface area contributed by atoms with Crippen LogP contribution >= 0.6 is 0 Å². The zero-order chi connectivity index (χ0) is 21.1. The van der Waals surface area contributed by atoms with Crippen LogP contribution in [0.2, 0.25) is 0 Å². The fourth-order valence-corrected chi connectivity index (χ4v) is 3.07. The molecule has 4 rings (SSSR count). The molecule has 0 aliphatic rings.